The Morgan fingerprint density at radius 2 is 1.03 bits per heavy atom. The molecule has 0 aliphatic rings. The van der Waals surface area contributed by atoms with Gasteiger partial charge in [-0.1, -0.05) is 206 Å². The van der Waals surface area contributed by atoms with Crippen molar-refractivity contribution in [1.82, 2.24) is 5.32 Å². The van der Waals surface area contributed by atoms with Gasteiger partial charge >= 0.3 is 5.97 Å². The molecule has 0 radical (unpaired) electrons. The molecule has 6 heteroatoms. The summed E-state index contributed by atoms with van der Waals surface area (Å²) in [6.45, 7) is 6.12. The molecule has 3 unspecified atom stereocenters. The maximum Gasteiger partial charge on any atom is 0.306 e. The zero-order chi connectivity index (χ0) is 42.4. The average Bonchev–Trinajstić information content (AvgIpc) is 3.22. The fraction of sp³-hybridized carbons (Fsp3) is 0.577. The van der Waals surface area contributed by atoms with Gasteiger partial charge in [0, 0.05) is 12.8 Å². The topological polar surface area (TPSA) is 95.9 Å². The predicted molar refractivity (Wildman–Crippen MR) is 250 cm³/mol. The molecular formula is C52H83NO5. The number of carbonyl (C=O) groups is 2. The summed E-state index contributed by atoms with van der Waals surface area (Å²) < 4.78 is 5.80. The van der Waals surface area contributed by atoms with E-state index in [2.05, 4.69) is 92.9 Å². The number of rotatable bonds is 38. The van der Waals surface area contributed by atoms with Crippen molar-refractivity contribution in [3.63, 3.8) is 0 Å². The quantitative estimate of drug-likeness (QED) is 0.0250. The van der Waals surface area contributed by atoms with E-state index in [1.807, 2.05) is 54.7 Å². The van der Waals surface area contributed by atoms with E-state index in [1.165, 1.54) is 38.5 Å². The van der Waals surface area contributed by atoms with E-state index in [4.69, 9.17) is 4.74 Å². The molecule has 0 rings (SSSR count). The largest absolute Gasteiger partial charge is 0.461 e. The predicted octanol–water partition coefficient (Wildman–Crippen LogP) is 13.3. The summed E-state index contributed by atoms with van der Waals surface area (Å²) >= 11 is 0. The van der Waals surface area contributed by atoms with Crippen molar-refractivity contribution in [3.8, 4) is 0 Å². The van der Waals surface area contributed by atoms with Gasteiger partial charge in [-0.3, -0.25) is 9.59 Å². The van der Waals surface area contributed by atoms with Crippen molar-refractivity contribution in [3.05, 3.63) is 122 Å². The number of hydrogen-bond donors (Lipinski definition) is 3. The molecule has 3 atom stereocenters. The Hall–Kier alpha value is -3.74. The minimum Gasteiger partial charge on any atom is -0.461 e. The Bertz CT molecular complexity index is 1260. The molecular weight excluding hydrogens is 719 g/mol. The van der Waals surface area contributed by atoms with E-state index in [-0.39, 0.29) is 24.9 Å². The molecule has 0 aliphatic carbocycles. The number of nitrogens with one attached hydrogen (secondary N) is 1. The first-order chi connectivity index (χ1) is 28.5. The summed E-state index contributed by atoms with van der Waals surface area (Å²) in [5, 5.41) is 23.5. The molecule has 0 aromatic carbocycles. The Balaban J connectivity index is 4.77. The average molecular weight is 802 g/mol. The number of carbonyl (C=O) groups excluding carboxylic acids is 2. The number of esters is 1. The number of unbranched alkanes of at least 4 members (excludes halogenated alkanes) is 11. The first-order valence-corrected chi connectivity index (χ1v) is 22.8. The molecule has 0 aromatic heterocycles. The summed E-state index contributed by atoms with van der Waals surface area (Å²) in [5.41, 5.74) is 0. The second-order valence-electron chi connectivity index (χ2n) is 14.8. The van der Waals surface area contributed by atoms with Crippen LogP contribution in [-0.2, 0) is 14.3 Å². The smallest absolute Gasteiger partial charge is 0.306 e. The molecule has 6 nitrogen and oxygen atoms in total. The van der Waals surface area contributed by atoms with Crippen LogP contribution in [0.25, 0.3) is 0 Å². The third-order valence-corrected chi connectivity index (χ3v) is 9.42. The van der Waals surface area contributed by atoms with Crippen LogP contribution < -0.4 is 5.32 Å². The number of ether oxygens (including phenoxy) is 1. The second kappa shape index (κ2) is 44.4. The lowest BCUT2D eigenvalue weighted by Gasteiger charge is -2.24. The molecule has 0 saturated heterocycles. The SMILES string of the molecule is CC/C=C\C/C=C\C/C=C\C/C=C\C/C=C\CCCCCC(=O)OC(C/C=C/C=C\C=C/C=C/C=C/CC)CC(=O)NC(CO)C(O)CCCCCCCCCCC. The zero-order valence-electron chi connectivity index (χ0n) is 36.9. The van der Waals surface area contributed by atoms with Gasteiger partial charge in [-0.2, -0.15) is 0 Å². The number of aliphatic hydroxyl groups excluding tert-OH is 2. The molecule has 326 valence electrons. The summed E-state index contributed by atoms with van der Waals surface area (Å²) in [7, 11) is 0. The third-order valence-electron chi connectivity index (χ3n) is 9.42. The molecule has 0 spiro atoms. The molecule has 0 saturated carbocycles. The van der Waals surface area contributed by atoms with Crippen LogP contribution in [-0.4, -0.2) is 46.9 Å². The van der Waals surface area contributed by atoms with Crippen molar-refractivity contribution in [2.45, 2.75) is 187 Å². The van der Waals surface area contributed by atoms with Crippen LogP contribution in [0.1, 0.15) is 168 Å². The Morgan fingerprint density at radius 1 is 0.552 bits per heavy atom. The molecule has 0 fully saturated rings. The van der Waals surface area contributed by atoms with E-state index < -0.39 is 18.2 Å². The number of allylic oxidation sites excluding steroid dienone is 19. The van der Waals surface area contributed by atoms with E-state index in [0.29, 0.717) is 19.3 Å². The van der Waals surface area contributed by atoms with Crippen molar-refractivity contribution in [1.29, 1.82) is 0 Å². The normalized spacial score (nSPS) is 14.5. The lowest BCUT2D eigenvalue weighted by atomic mass is 10.0. The third kappa shape index (κ3) is 39.1. The van der Waals surface area contributed by atoms with E-state index in [9.17, 15) is 19.8 Å². The maximum atomic E-state index is 13.1. The summed E-state index contributed by atoms with van der Waals surface area (Å²) in [5.74, 6) is -0.664. The van der Waals surface area contributed by atoms with Crippen LogP contribution in [0, 0.1) is 0 Å². The minimum atomic E-state index is -0.829. The van der Waals surface area contributed by atoms with Crippen molar-refractivity contribution in [2.24, 2.45) is 0 Å². The lowest BCUT2D eigenvalue weighted by molar-refractivity contribution is -0.150. The van der Waals surface area contributed by atoms with Gasteiger partial charge in [-0.15, -0.1) is 0 Å². The molecule has 3 N–H and O–H groups in total. The van der Waals surface area contributed by atoms with Gasteiger partial charge in [0.1, 0.15) is 6.10 Å². The molecule has 0 aliphatic heterocycles. The standard InChI is InChI=1S/C52H83NO5/c1-4-7-10-13-16-19-21-22-23-24-25-26-27-28-30-33-36-39-42-45-52(57)58-48(43-40-37-34-32-29-20-17-14-11-8-5-2)46-51(56)53-49(47-54)50(55)44-41-38-35-31-18-15-12-9-6-3/h7-8,10-11,14,16-17,19-20,22-23,25-26,28-30,32,34,37,40,48-50,54-55H,4-6,9,12-13,15,18,21,24,27,31,33,35-36,38-39,41-47H2,1-3H3,(H,53,56)/b10-7-,11-8+,17-14+,19-16-,23-22-,26-25-,29-20-,30-28-,34-32-,40-37+. The maximum absolute atomic E-state index is 13.1. The number of aliphatic hydroxyl groups is 2. The van der Waals surface area contributed by atoms with Crippen molar-refractivity contribution in [2.75, 3.05) is 6.61 Å². The lowest BCUT2D eigenvalue weighted by Crippen LogP contribution is -2.46. The van der Waals surface area contributed by atoms with Crippen LogP contribution in [0.2, 0.25) is 0 Å². The summed E-state index contributed by atoms with van der Waals surface area (Å²) in [6.07, 6.45) is 61.4. The van der Waals surface area contributed by atoms with E-state index in [1.54, 1.807) is 0 Å². The highest BCUT2D eigenvalue weighted by molar-refractivity contribution is 5.77. The van der Waals surface area contributed by atoms with Crippen LogP contribution in [0.5, 0.6) is 0 Å². The fourth-order valence-corrected chi connectivity index (χ4v) is 6.00. The van der Waals surface area contributed by atoms with E-state index in [0.717, 1.165) is 83.5 Å². The van der Waals surface area contributed by atoms with Gasteiger partial charge < -0.3 is 20.3 Å². The van der Waals surface area contributed by atoms with Gasteiger partial charge in [0.15, 0.2) is 0 Å². The van der Waals surface area contributed by atoms with Gasteiger partial charge in [-0.05, 0) is 64.2 Å². The highest BCUT2D eigenvalue weighted by atomic mass is 16.5. The van der Waals surface area contributed by atoms with Gasteiger partial charge in [0.25, 0.3) is 0 Å². The van der Waals surface area contributed by atoms with E-state index >= 15 is 0 Å². The van der Waals surface area contributed by atoms with Crippen LogP contribution >= 0.6 is 0 Å². The van der Waals surface area contributed by atoms with Crippen LogP contribution in [0.4, 0.5) is 0 Å². The monoisotopic (exact) mass is 802 g/mol. The molecule has 0 aromatic rings. The zero-order valence-corrected chi connectivity index (χ0v) is 36.9. The van der Waals surface area contributed by atoms with Crippen LogP contribution in [0.15, 0.2) is 122 Å². The molecule has 1 amide bonds. The molecule has 58 heavy (non-hydrogen) atoms. The minimum absolute atomic E-state index is 0.0406. The molecule has 0 heterocycles. The highest BCUT2D eigenvalue weighted by Crippen LogP contribution is 2.14. The fourth-order valence-electron chi connectivity index (χ4n) is 6.00. The van der Waals surface area contributed by atoms with Crippen molar-refractivity contribution < 1.29 is 24.5 Å². The molecule has 0 bridgehead atoms. The van der Waals surface area contributed by atoms with Gasteiger partial charge in [0.05, 0.1) is 25.2 Å². The first kappa shape index (κ1) is 54.3. The van der Waals surface area contributed by atoms with Crippen LogP contribution in [0.3, 0.4) is 0 Å². The second-order valence-corrected chi connectivity index (χ2v) is 14.8. The van der Waals surface area contributed by atoms with Gasteiger partial charge in [0.2, 0.25) is 5.91 Å². The summed E-state index contributed by atoms with van der Waals surface area (Å²) in [6, 6.07) is -0.752. The Morgan fingerprint density at radius 3 is 1.59 bits per heavy atom. The Labute approximate surface area is 355 Å². The number of hydrogen-bond acceptors (Lipinski definition) is 5. The first-order valence-electron chi connectivity index (χ1n) is 22.8. The number of amides is 1. The summed E-state index contributed by atoms with van der Waals surface area (Å²) in [4.78, 5) is 25.9. The van der Waals surface area contributed by atoms with Gasteiger partial charge in [-0.25, -0.2) is 0 Å². The van der Waals surface area contributed by atoms with Crippen molar-refractivity contribution >= 4 is 11.9 Å². The highest BCUT2D eigenvalue weighted by Gasteiger charge is 2.23. The Kier molecular flexibility index (Phi) is 41.5.